The highest BCUT2D eigenvalue weighted by molar-refractivity contribution is 7.15. The molecule has 0 spiro atoms. The Morgan fingerprint density at radius 3 is 2.76 bits per heavy atom. The normalized spacial score (nSPS) is 17.5. The minimum Gasteiger partial charge on any atom is -0.355 e. The third-order valence-corrected chi connectivity index (χ3v) is 7.80. The smallest absolute Gasteiger partial charge is 0.223 e. The largest absolute Gasteiger partial charge is 0.355 e. The van der Waals surface area contributed by atoms with Crippen molar-refractivity contribution < 1.29 is 4.79 Å². The van der Waals surface area contributed by atoms with E-state index in [2.05, 4.69) is 54.2 Å². The molecule has 2 aliphatic rings. The van der Waals surface area contributed by atoms with Gasteiger partial charge in [-0.25, -0.2) is 4.98 Å². The molecule has 1 amide bonds. The Balaban J connectivity index is 1.13. The van der Waals surface area contributed by atoms with Crippen LogP contribution in [0, 0.1) is 5.92 Å². The van der Waals surface area contributed by atoms with Gasteiger partial charge in [-0.15, -0.1) is 21.5 Å². The summed E-state index contributed by atoms with van der Waals surface area (Å²) in [5, 5.41) is 13.1. The second kappa shape index (κ2) is 10.6. The second-order valence-corrected chi connectivity index (χ2v) is 10.2. The zero-order chi connectivity index (χ0) is 22.5. The molecule has 0 saturated heterocycles. The van der Waals surface area contributed by atoms with Crippen LogP contribution in [-0.2, 0) is 30.7 Å². The number of carbonyl (C=O) groups excluding carboxylic acids is 1. The Labute approximate surface area is 199 Å². The predicted molar refractivity (Wildman–Crippen MR) is 130 cm³/mol. The first-order valence-electron chi connectivity index (χ1n) is 12.2. The van der Waals surface area contributed by atoms with Crippen LogP contribution in [0.1, 0.15) is 48.6 Å². The van der Waals surface area contributed by atoms with Crippen molar-refractivity contribution in [2.45, 2.75) is 58.0 Å². The molecule has 1 aliphatic carbocycles. The summed E-state index contributed by atoms with van der Waals surface area (Å²) in [6.45, 7) is 4.37. The summed E-state index contributed by atoms with van der Waals surface area (Å²) in [5.41, 5.74) is 1.18. The highest BCUT2D eigenvalue weighted by Crippen LogP contribution is 2.26. The van der Waals surface area contributed by atoms with Gasteiger partial charge in [0.1, 0.15) is 16.7 Å². The fraction of sp³-hybridized carbons (Fsp3) is 0.520. The number of fused-ring (bicyclic) bond motifs is 1. The highest BCUT2D eigenvalue weighted by atomic mass is 32.1. The molecule has 0 atom stereocenters. The number of benzene rings is 1. The van der Waals surface area contributed by atoms with E-state index in [0.717, 1.165) is 68.5 Å². The summed E-state index contributed by atoms with van der Waals surface area (Å²) < 4.78 is 2.26. The SMILES string of the molecule is O=C(NCCc1nnc2n1CCN(Cc1cnc(-c3ccccc3)s1)CC2)C1CCCCC1. The topological polar surface area (TPSA) is 75.9 Å². The lowest BCUT2D eigenvalue weighted by Crippen LogP contribution is -2.33. The number of aromatic nitrogens is 4. The average molecular weight is 465 g/mol. The Morgan fingerprint density at radius 2 is 1.91 bits per heavy atom. The molecule has 5 rings (SSSR count). The molecular weight excluding hydrogens is 432 g/mol. The van der Waals surface area contributed by atoms with E-state index in [1.54, 1.807) is 11.3 Å². The molecule has 7 nitrogen and oxygen atoms in total. The van der Waals surface area contributed by atoms with Gasteiger partial charge in [-0.1, -0.05) is 49.6 Å². The van der Waals surface area contributed by atoms with Gasteiger partial charge >= 0.3 is 0 Å². The van der Waals surface area contributed by atoms with Crippen LogP contribution in [-0.4, -0.2) is 50.2 Å². The molecule has 1 N–H and O–H groups in total. The fourth-order valence-electron chi connectivity index (χ4n) is 4.89. The van der Waals surface area contributed by atoms with Crippen LogP contribution in [0.4, 0.5) is 0 Å². The van der Waals surface area contributed by atoms with Gasteiger partial charge in [-0.3, -0.25) is 9.69 Å². The van der Waals surface area contributed by atoms with Gasteiger partial charge in [0.15, 0.2) is 0 Å². The van der Waals surface area contributed by atoms with Crippen LogP contribution in [0.3, 0.4) is 0 Å². The van der Waals surface area contributed by atoms with E-state index in [0.29, 0.717) is 6.54 Å². The first-order chi connectivity index (χ1) is 16.3. The summed E-state index contributed by atoms with van der Waals surface area (Å²) in [6, 6.07) is 10.4. The van der Waals surface area contributed by atoms with E-state index in [1.807, 2.05) is 12.3 Å². The maximum atomic E-state index is 12.4. The number of rotatable bonds is 7. The molecule has 2 aromatic heterocycles. The van der Waals surface area contributed by atoms with Crippen molar-refractivity contribution in [2.75, 3.05) is 19.6 Å². The first kappa shape index (κ1) is 22.2. The van der Waals surface area contributed by atoms with Crippen molar-refractivity contribution in [3.05, 3.63) is 53.1 Å². The van der Waals surface area contributed by atoms with Crippen molar-refractivity contribution in [2.24, 2.45) is 5.92 Å². The van der Waals surface area contributed by atoms with E-state index in [-0.39, 0.29) is 11.8 Å². The molecule has 174 valence electrons. The lowest BCUT2D eigenvalue weighted by Gasteiger charge is -2.20. The van der Waals surface area contributed by atoms with Crippen molar-refractivity contribution in [3.63, 3.8) is 0 Å². The monoisotopic (exact) mass is 464 g/mol. The maximum Gasteiger partial charge on any atom is 0.223 e. The molecular formula is C25H32N6OS. The van der Waals surface area contributed by atoms with Gasteiger partial charge < -0.3 is 9.88 Å². The van der Waals surface area contributed by atoms with Crippen LogP contribution in [0.2, 0.25) is 0 Å². The molecule has 1 saturated carbocycles. The zero-order valence-electron chi connectivity index (χ0n) is 19.1. The molecule has 0 unspecified atom stereocenters. The van der Waals surface area contributed by atoms with Crippen LogP contribution in [0.5, 0.6) is 0 Å². The van der Waals surface area contributed by atoms with Crippen LogP contribution < -0.4 is 5.32 Å². The molecule has 3 aromatic rings. The molecule has 1 aliphatic heterocycles. The molecule has 1 aromatic carbocycles. The lowest BCUT2D eigenvalue weighted by atomic mass is 9.89. The third kappa shape index (κ3) is 5.50. The Bertz CT molecular complexity index is 1060. The lowest BCUT2D eigenvalue weighted by molar-refractivity contribution is -0.125. The first-order valence-corrected chi connectivity index (χ1v) is 13.0. The second-order valence-electron chi connectivity index (χ2n) is 9.08. The van der Waals surface area contributed by atoms with Crippen molar-refractivity contribution in [1.82, 2.24) is 30.0 Å². The number of nitrogens with one attached hydrogen (secondary N) is 1. The number of hydrogen-bond acceptors (Lipinski definition) is 6. The predicted octanol–water partition coefficient (Wildman–Crippen LogP) is 3.70. The Kier molecular flexibility index (Phi) is 7.12. The molecule has 3 heterocycles. The van der Waals surface area contributed by atoms with Gasteiger partial charge in [-0.2, -0.15) is 0 Å². The Morgan fingerprint density at radius 1 is 1.06 bits per heavy atom. The number of nitrogens with zero attached hydrogens (tertiary/aromatic N) is 5. The van der Waals surface area contributed by atoms with Gasteiger partial charge in [0.2, 0.25) is 5.91 Å². The molecule has 8 heteroatoms. The maximum absolute atomic E-state index is 12.4. The van der Waals surface area contributed by atoms with Gasteiger partial charge in [0.05, 0.1) is 0 Å². The zero-order valence-corrected chi connectivity index (χ0v) is 19.9. The minimum absolute atomic E-state index is 0.206. The van der Waals surface area contributed by atoms with Gasteiger partial charge in [0.25, 0.3) is 0 Å². The fourth-order valence-corrected chi connectivity index (χ4v) is 5.85. The number of hydrogen-bond donors (Lipinski definition) is 1. The summed E-state index contributed by atoms with van der Waals surface area (Å²) in [7, 11) is 0. The molecule has 0 bridgehead atoms. The minimum atomic E-state index is 0.206. The molecule has 1 fully saturated rings. The summed E-state index contributed by atoms with van der Waals surface area (Å²) >= 11 is 1.77. The van der Waals surface area contributed by atoms with Crippen LogP contribution in [0.25, 0.3) is 10.6 Å². The van der Waals surface area contributed by atoms with E-state index < -0.39 is 0 Å². The van der Waals surface area contributed by atoms with Crippen LogP contribution >= 0.6 is 11.3 Å². The van der Waals surface area contributed by atoms with Gasteiger partial charge in [-0.05, 0) is 12.8 Å². The number of thiazole rings is 1. The van der Waals surface area contributed by atoms with Crippen molar-refractivity contribution in [1.29, 1.82) is 0 Å². The average Bonchev–Trinajstić information content (AvgIpc) is 3.43. The van der Waals surface area contributed by atoms with E-state index >= 15 is 0 Å². The van der Waals surface area contributed by atoms with Gasteiger partial charge in [0, 0.05) is 68.1 Å². The summed E-state index contributed by atoms with van der Waals surface area (Å²) in [4.78, 5) is 20.8. The number of carbonyl (C=O) groups is 1. The molecule has 33 heavy (non-hydrogen) atoms. The van der Waals surface area contributed by atoms with E-state index in [4.69, 9.17) is 0 Å². The summed E-state index contributed by atoms with van der Waals surface area (Å²) in [5.74, 6) is 2.47. The standard InChI is InChI=1S/C25H32N6OS/c32-24(19-7-3-1-4-8-19)26-13-11-22-28-29-23-12-14-30(15-16-31(22)23)18-21-17-27-25(33-21)20-9-5-2-6-10-20/h2,5-6,9-10,17,19H,1,3-4,7-8,11-16,18H2,(H,26,32). The quantitative estimate of drug-likeness (QED) is 0.577. The van der Waals surface area contributed by atoms with Crippen molar-refractivity contribution >= 4 is 17.2 Å². The van der Waals surface area contributed by atoms with Crippen LogP contribution in [0.15, 0.2) is 36.5 Å². The third-order valence-electron chi connectivity index (χ3n) is 6.77. The Hall–Kier alpha value is -2.58. The molecule has 0 radical (unpaired) electrons. The number of amides is 1. The van der Waals surface area contributed by atoms with E-state index in [1.165, 1.54) is 29.7 Å². The highest BCUT2D eigenvalue weighted by Gasteiger charge is 2.22. The van der Waals surface area contributed by atoms with Crippen molar-refractivity contribution in [3.8, 4) is 10.6 Å². The van der Waals surface area contributed by atoms with E-state index in [9.17, 15) is 4.79 Å². The summed E-state index contributed by atoms with van der Waals surface area (Å²) in [6.07, 6.45) is 9.35.